The Morgan fingerprint density at radius 1 is 0.739 bits per heavy atom. The van der Waals surface area contributed by atoms with Crippen molar-refractivity contribution in [1.29, 1.82) is 0 Å². The second-order valence-corrected chi connectivity index (χ2v) is 5.10. The van der Waals surface area contributed by atoms with Crippen molar-refractivity contribution in [2.24, 2.45) is 5.10 Å². The van der Waals surface area contributed by atoms with Gasteiger partial charge in [0.05, 0.1) is 11.4 Å². The number of nitrogens with zero attached hydrogens (tertiary/aromatic N) is 1. The minimum absolute atomic E-state index is 0.907. The number of benzene rings is 3. The third kappa shape index (κ3) is 3.55. The molecule has 23 heavy (non-hydrogen) atoms. The van der Waals surface area contributed by atoms with Gasteiger partial charge in [0.1, 0.15) is 0 Å². The van der Waals surface area contributed by atoms with Crippen LogP contribution in [0.5, 0.6) is 0 Å². The molecule has 0 radical (unpaired) electrons. The highest BCUT2D eigenvalue weighted by atomic mass is 15.3. The molecule has 0 saturated heterocycles. The van der Waals surface area contributed by atoms with Crippen LogP contribution in [-0.4, -0.2) is 5.71 Å². The molecule has 0 saturated carbocycles. The molecule has 0 aliphatic heterocycles. The van der Waals surface area contributed by atoms with Crippen LogP contribution >= 0.6 is 0 Å². The predicted molar refractivity (Wildman–Crippen MR) is 98.7 cm³/mol. The second-order valence-electron chi connectivity index (χ2n) is 5.10. The van der Waals surface area contributed by atoms with Gasteiger partial charge in [0, 0.05) is 11.1 Å². The van der Waals surface area contributed by atoms with Crippen LogP contribution < -0.4 is 5.43 Å². The van der Waals surface area contributed by atoms with E-state index in [0.29, 0.717) is 0 Å². The first-order chi connectivity index (χ1) is 11.4. The minimum atomic E-state index is 0.907. The van der Waals surface area contributed by atoms with Gasteiger partial charge in [-0.2, -0.15) is 5.10 Å². The Kier molecular flexibility index (Phi) is 4.65. The van der Waals surface area contributed by atoms with Crippen molar-refractivity contribution in [3.05, 3.63) is 108 Å². The van der Waals surface area contributed by atoms with E-state index in [1.54, 1.807) is 0 Å². The standard InChI is InChI=1S/C21H18N2/c1-2-17-11-9-10-16-20(17)22-23-21(18-12-5-3-6-13-18)19-14-7-4-8-15-19/h2-16,22H,1H2. The Labute approximate surface area is 136 Å². The van der Waals surface area contributed by atoms with Crippen molar-refractivity contribution in [1.82, 2.24) is 0 Å². The van der Waals surface area contributed by atoms with Gasteiger partial charge >= 0.3 is 0 Å². The van der Waals surface area contributed by atoms with Crippen LogP contribution in [0.25, 0.3) is 6.08 Å². The summed E-state index contributed by atoms with van der Waals surface area (Å²) in [7, 11) is 0. The van der Waals surface area contributed by atoms with Crippen LogP contribution in [-0.2, 0) is 0 Å². The monoisotopic (exact) mass is 298 g/mol. The van der Waals surface area contributed by atoms with Crippen LogP contribution in [0.4, 0.5) is 5.69 Å². The van der Waals surface area contributed by atoms with Gasteiger partial charge in [-0.3, -0.25) is 5.43 Å². The molecule has 0 aromatic heterocycles. The molecule has 3 aromatic carbocycles. The molecular formula is C21H18N2. The normalized spacial score (nSPS) is 9.91. The molecule has 0 aliphatic carbocycles. The summed E-state index contributed by atoms with van der Waals surface area (Å²) in [5.74, 6) is 0. The van der Waals surface area contributed by atoms with Crippen LogP contribution in [0, 0.1) is 0 Å². The molecule has 0 spiro atoms. The summed E-state index contributed by atoms with van der Waals surface area (Å²) < 4.78 is 0. The summed E-state index contributed by atoms with van der Waals surface area (Å²) in [6.45, 7) is 3.85. The molecule has 0 bridgehead atoms. The number of anilines is 1. The summed E-state index contributed by atoms with van der Waals surface area (Å²) in [5.41, 5.74) is 8.19. The first-order valence-corrected chi connectivity index (χ1v) is 7.54. The fourth-order valence-electron chi connectivity index (χ4n) is 2.38. The number of hydrogen-bond donors (Lipinski definition) is 1. The molecule has 112 valence electrons. The van der Waals surface area contributed by atoms with Gasteiger partial charge in [-0.05, 0) is 11.6 Å². The first-order valence-electron chi connectivity index (χ1n) is 7.54. The van der Waals surface area contributed by atoms with Crippen molar-refractivity contribution < 1.29 is 0 Å². The van der Waals surface area contributed by atoms with Crippen LogP contribution in [0.15, 0.2) is 96.6 Å². The summed E-state index contributed by atoms with van der Waals surface area (Å²) in [4.78, 5) is 0. The van der Waals surface area contributed by atoms with Gasteiger partial charge in [0.2, 0.25) is 0 Å². The molecular weight excluding hydrogens is 280 g/mol. The minimum Gasteiger partial charge on any atom is -0.277 e. The molecule has 0 unspecified atom stereocenters. The Morgan fingerprint density at radius 2 is 1.26 bits per heavy atom. The van der Waals surface area contributed by atoms with Gasteiger partial charge in [-0.1, -0.05) is 91.5 Å². The molecule has 0 heterocycles. The Morgan fingerprint density at radius 3 is 1.83 bits per heavy atom. The van der Waals surface area contributed by atoms with Crippen molar-refractivity contribution in [3.63, 3.8) is 0 Å². The second kappa shape index (κ2) is 7.23. The quantitative estimate of drug-likeness (QED) is 0.508. The predicted octanol–water partition coefficient (Wildman–Crippen LogP) is 5.19. The van der Waals surface area contributed by atoms with Gasteiger partial charge in [-0.15, -0.1) is 0 Å². The van der Waals surface area contributed by atoms with Gasteiger partial charge in [-0.25, -0.2) is 0 Å². The van der Waals surface area contributed by atoms with E-state index >= 15 is 0 Å². The van der Waals surface area contributed by atoms with Crippen molar-refractivity contribution in [3.8, 4) is 0 Å². The number of rotatable bonds is 5. The van der Waals surface area contributed by atoms with Crippen molar-refractivity contribution in [2.45, 2.75) is 0 Å². The van der Waals surface area contributed by atoms with Gasteiger partial charge in [0.25, 0.3) is 0 Å². The van der Waals surface area contributed by atoms with Crippen molar-refractivity contribution >= 4 is 17.5 Å². The van der Waals surface area contributed by atoms with E-state index in [0.717, 1.165) is 28.1 Å². The lowest BCUT2D eigenvalue weighted by Gasteiger charge is -2.10. The average molecular weight is 298 g/mol. The molecule has 0 fully saturated rings. The third-order valence-corrected chi connectivity index (χ3v) is 3.56. The Bertz CT molecular complexity index is 764. The Hall–Kier alpha value is -3.13. The third-order valence-electron chi connectivity index (χ3n) is 3.56. The largest absolute Gasteiger partial charge is 0.277 e. The molecule has 2 nitrogen and oxygen atoms in total. The number of para-hydroxylation sites is 1. The zero-order valence-electron chi connectivity index (χ0n) is 12.8. The smallest absolute Gasteiger partial charge is 0.0977 e. The fraction of sp³-hybridized carbons (Fsp3) is 0. The van der Waals surface area contributed by atoms with Crippen molar-refractivity contribution in [2.75, 3.05) is 5.43 Å². The molecule has 3 aromatic rings. The Balaban J connectivity index is 2.00. The van der Waals surface area contributed by atoms with Crippen LogP contribution in [0.1, 0.15) is 16.7 Å². The van der Waals surface area contributed by atoms with E-state index in [1.165, 1.54) is 0 Å². The molecule has 0 atom stereocenters. The highest BCUT2D eigenvalue weighted by Gasteiger charge is 2.06. The SMILES string of the molecule is C=Cc1ccccc1NN=C(c1ccccc1)c1ccccc1. The lowest BCUT2D eigenvalue weighted by Crippen LogP contribution is -2.06. The number of nitrogens with one attached hydrogen (secondary N) is 1. The van der Waals surface area contributed by atoms with Gasteiger partial charge < -0.3 is 0 Å². The van der Waals surface area contributed by atoms with E-state index in [4.69, 9.17) is 0 Å². The summed E-state index contributed by atoms with van der Waals surface area (Å²) in [6.07, 6.45) is 1.82. The maximum Gasteiger partial charge on any atom is 0.0977 e. The molecule has 1 N–H and O–H groups in total. The highest BCUT2D eigenvalue weighted by Crippen LogP contribution is 2.17. The first kappa shape index (κ1) is 14.8. The molecule has 2 heteroatoms. The molecule has 3 rings (SSSR count). The zero-order chi connectivity index (χ0) is 15.9. The summed E-state index contributed by atoms with van der Waals surface area (Å²) in [6, 6.07) is 28.3. The van der Waals surface area contributed by atoms with E-state index in [9.17, 15) is 0 Å². The summed E-state index contributed by atoms with van der Waals surface area (Å²) >= 11 is 0. The lowest BCUT2D eigenvalue weighted by atomic mass is 10.0. The topological polar surface area (TPSA) is 24.4 Å². The fourth-order valence-corrected chi connectivity index (χ4v) is 2.38. The number of hydrogen-bond acceptors (Lipinski definition) is 2. The van der Waals surface area contributed by atoms with E-state index in [1.807, 2.05) is 66.7 Å². The van der Waals surface area contributed by atoms with Gasteiger partial charge in [0.15, 0.2) is 0 Å². The maximum absolute atomic E-state index is 4.66. The zero-order valence-corrected chi connectivity index (χ0v) is 12.8. The van der Waals surface area contributed by atoms with E-state index in [-0.39, 0.29) is 0 Å². The molecule has 0 amide bonds. The van der Waals surface area contributed by atoms with E-state index in [2.05, 4.69) is 41.4 Å². The summed E-state index contributed by atoms with van der Waals surface area (Å²) in [5, 5.41) is 4.66. The molecule has 0 aliphatic rings. The average Bonchev–Trinajstić information content (AvgIpc) is 2.64. The number of hydrazone groups is 1. The highest BCUT2D eigenvalue weighted by molar-refractivity contribution is 6.13. The van der Waals surface area contributed by atoms with Crippen LogP contribution in [0.2, 0.25) is 0 Å². The lowest BCUT2D eigenvalue weighted by molar-refractivity contribution is 1.32. The van der Waals surface area contributed by atoms with E-state index < -0.39 is 0 Å². The maximum atomic E-state index is 4.66. The van der Waals surface area contributed by atoms with Crippen LogP contribution in [0.3, 0.4) is 0 Å².